The average molecular weight is 437 g/mol. The van der Waals surface area contributed by atoms with Crippen molar-refractivity contribution in [1.29, 1.82) is 0 Å². The molecule has 4 rings (SSSR count). The molecular formula is C24H24N2O2S2. The zero-order valence-electron chi connectivity index (χ0n) is 17.3. The van der Waals surface area contributed by atoms with Gasteiger partial charge in [-0.25, -0.2) is 4.98 Å². The minimum Gasteiger partial charge on any atom is -0.494 e. The zero-order valence-corrected chi connectivity index (χ0v) is 19.0. The van der Waals surface area contributed by atoms with E-state index >= 15 is 0 Å². The first kappa shape index (κ1) is 20.7. The van der Waals surface area contributed by atoms with Gasteiger partial charge < -0.3 is 4.74 Å². The number of thioether (sulfide) groups is 1. The number of rotatable bonds is 7. The molecule has 4 aromatic rings. The number of benzene rings is 2. The molecule has 2 heterocycles. The molecule has 0 aliphatic rings. The van der Waals surface area contributed by atoms with Crippen LogP contribution >= 0.6 is 23.1 Å². The summed E-state index contributed by atoms with van der Waals surface area (Å²) in [4.78, 5) is 20.2. The molecule has 0 aliphatic heterocycles. The number of thiophene rings is 1. The van der Waals surface area contributed by atoms with Crippen molar-refractivity contribution in [3.63, 3.8) is 0 Å². The Balaban J connectivity index is 1.55. The number of fused-ring (bicyclic) bond motifs is 1. The number of para-hydroxylation sites is 1. The summed E-state index contributed by atoms with van der Waals surface area (Å²) >= 11 is 3.19. The molecule has 0 spiro atoms. The van der Waals surface area contributed by atoms with Gasteiger partial charge in [-0.2, -0.15) is 0 Å². The van der Waals surface area contributed by atoms with Gasteiger partial charge in [-0.15, -0.1) is 11.3 Å². The van der Waals surface area contributed by atoms with E-state index in [-0.39, 0.29) is 5.56 Å². The van der Waals surface area contributed by atoms with Crippen molar-refractivity contribution < 1.29 is 4.74 Å². The molecule has 2 aromatic heterocycles. The quantitative estimate of drug-likeness (QED) is 0.204. The van der Waals surface area contributed by atoms with Gasteiger partial charge in [0.1, 0.15) is 10.6 Å². The Kier molecular flexibility index (Phi) is 6.25. The lowest BCUT2D eigenvalue weighted by Gasteiger charge is -2.12. The first-order valence-corrected chi connectivity index (χ1v) is 11.8. The predicted molar refractivity (Wildman–Crippen MR) is 127 cm³/mol. The molecule has 0 fully saturated rings. The Morgan fingerprint density at radius 2 is 1.77 bits per heavy atom. The number of aromatic nitrogens is 2. The molecule has 2 aromatic carbocycles. The highest BCUT2D eigenvalue weighted by Crippen LogP contribution is 2.29. The predicted octanol–water partition coefficient (Wildman–Crippen LogP) is 5.93. The topological polar surface area (TPSA) is 44.1 Å². The van der Waals surface area contributed by atoms with Crippen molar-refractivity contribution in [3.8, 4) is 11.4 Å². The van der Waals surface area contributed by atoms with Crippen LogP contribution in [0.1, 0.15) is 22.4 Å². The fourth-order valence-electron chi connectivity index (χ4n) is 3.22. The maximum atomic E-state index is 13.4. The highest BCUT2D eigenvalue weighted by atomic mass is 32.2. The van der Waals surface area contributed by atoms with Gasteiger partial charge in [-0.3, -0.25) is 9.36 Å². The molecule has 154 valence electrons. The number of ether oxygens (including phenoxy) is 1. The second-order valence-electron chi connectivity index (χ2n) is 7.20. The second kappa shape index (κ2) is 9.06. The molecule has 6 heteroatoms. The molecule has 0 aliphatic carbocycles. The first-order valence-electron chi connectivity index (χ1n) is 9.95. The van der Waals surface area contributed by atoms with E-state index < -0.39 is 0 Å². The number of hydrogen-bond acceptors (Lipinski definition) is 5. The molecule has 0 N–H and O–H groups in total. The normalized spacial score (nSPS) is 11.2. The molecule has 0 saturated carbocycles. The lowest BCUT2D eigenvalue weighted by molar-refractivity contribution is 0.318. The number of hydrogen-bond donors (Lipinski definition) is 0. The third-order valence-electron chi connectivity index (χ3n) is 5.00. The molecule has 4 nitrogen and oxygen atoms in total. The van der Waals surface area contributed by atoms with Gasteiger partial charge in [0, 0.05) is 10.6 Å². The molecule has 0 saturated heterocycles. The Bertz CT molecular complexity index is 1210. The van der Waals surface area contributed by atoms with Crippen LogP contribution in [0.3, 0.4) is 0 Å². The van der Waals surface area contributed by atoms with Gasteiger partial charge in [-0.05, 0) is 57.0 Å². The van der Waals surface area contributed by atoms with E-state index in [0.29, 0.717) is 6.61 Å². The smallest absolute Gasteiger partial charge is 0.267 e. The van der Waals surface area contributed by atoms with Gasteiger partial charge in [-0.1, -0.05) is 47.7 Å². The van der Waals surface area contributed by atoms with Crippen molar-refractivity contribution in [2.75, 3.05) is 12.4 Å². The summed E-state index contributed by atoms with van der Waals surface area (Å²) in [6, 6.07) is 17.8. The highest BCUT2D eigenvalue weighted by molar-refractivity contribution is 7.99. The number of nitrogens with zero attached hydrogens (tertiary/aromatic N) is 2. The van der Waals surface area contributed by atoms with Crippen molar-refractivity contribution in [2.24, 2.45) is 0 Å². The maximum absolute atomic E-state index is 13.4. The summed E-state index contributed by atoms with van der Waals surface area (Å²) in [5.74, 6) is 1.70. The highest BCUT2D eigenvalue weighted by Gasteiger charge is 2.17. The van der Waals surface area contributed by atoms with E-state index in [0.717, 1.165) is 49.4 Å². The van der Waals surface area contributed by atoms with Crippen LogP contribution in [0, 0.1) is 20.8 Å². The summed E-state index contributed by atoms with van der Waals surface area (Å²) in [7, 11) is 0. The minimum atomic E-state index is 0.00598. The molecule has 30 heavy (non-hydrogen) atoms. The van der Waals surface area contributed by atoms with E-state index in [1.54, 1.807) is 27.7 Å². The molecule has 0 radical (unpaired) electrons. The molecule has 0 amide bonds. The van der Waals surface area contributed by atoms with Gasteiger partial charge in [0.25, 0.3) is 5.56 Å². The molecular weight excluding hydrogens is 412 g/mol. The van der Waals surface area contributed by atoms with Crippen LogP contribution in [0.5, 0.6) is 5.75 Å². The Morgan fingerprint density at radius 3 is 2.50 bits per heavy atom. The largest absolute Gasteiger partial charge is 0.494 e. The molecule has 0 unspecified atom stereocenters. The fraction of sp³-hybridized carbons (Fsp3) is 0.250. The summed E-state index contributed by atoms with van der Waals surface area (Å²) in [5.41, 5.74) is 3.10. The van der Waals surface area contributed by atoms with Gasteiger partial charge in [0.05, 0.1) is 17.7 Å². The summed E-state index contributed by atoms with van der Waals surface area (Å²) in [6.45, 7) is 6.74. The summed E-state index contributed by atoms with van der Waals surface area (Å²) in [6.07, 6.45) is 0.865. The fourth-order valence-corrected chi connectivity index (χ4v) is 5.22. The van der Waals surface area contributed by atoms with Crippen LogP contribution < -0.4 is 10.3 Å². The number of aryl methyl sites for hydroxylation is 3. The van der Waals surface area contributed by atoms with E-state index in [9.17, 15) is 4.79 Å². The first-order chi connectivity index (χ1) is 14.5. The van der Waals surface area contributed by atoms with Crippen LogP contribution in [0.2, 0.25) is 0 Å². The maximum Gasteiger partial charge on any atom is 0.267 e. The van der Waals surface area contributed by atoms with E-state index in [1.807, 2.05) is 68.4 Å². The second-order valence-corrected chi connectivity index (χ2v) is 9.46. The minimum absolute atomic E-state index is 0.00598. The van der Waals surface area contributed by atoms with Gasteiger partial charge >= 0.3 is 0 Å². The third kappa shape index (κ3) is 4.30. The third-order valence-corrected chi connectivity index (χ3v) is 7.12. The lowest BCUT2D eigenvalue weighted by atomic mass is 10.2. The molecule has 0 atom stereocenters. The van der Waals surface area contributed by atoms with Crippen LogP contribution in [0.25, 0.3) is 15.9 Å². The van der Waals surface area contributed by atoms with Crippen molar-refractivity contribution in [1.82, 2.24) is 9.55 Å². The Morgan fingerprint density at radius 1 is 1.03 bits per heavy atom. The van der Waals surface area contributed by atoms with Crippen LogP contribution in [0.4, 0.5) is 0 Å². The monoisotopic (exact) mass is 436 g/mol. The average Bonchev–Trinajstić information content (AvgIpc) is 3.03. The van der Waals surface area contributed by atoms with Crippen LogP contribution in [-0.2, 0) is 0 Å². The van der Waals surface area contributed by atoms with Crippen molar-refractivity contribution in [2.45, 2.75) is 32.3 Å². The van der Waals surface area contributed by atoms with Crippen molar-refractivity contribution in [3.05, 3.63) is 81.0 Å². The van der Waals surface area contributed by atoms with E-state index in [2.05, 4.69) is 6.92 Å². The Labute approximate surface area is 184 Å². The van der Waals surface area contributed by atoms with Crippen molar-refractivity contribution >= 4 is 33.3 Å². The van der Waals surface area contributed by atoms with Crippen LogP contribution in [0.15, 0.2) is 64.5 Å². The van der Waals surface area contributed by atoms with Gasteiger partial charge in [0.15, 0.2) is 5.16 Å². The van der Waals surface area contributed by atoms with E-state index in [1.165, 1.54) is 5.56 Å². The van der Waals surface area contributed by atoms with Crippen LogP contribution in [-0.4, -0.2) is 21.9 Å². The lowest BCUT2D eigenvalue weighted by Crippen LogP contribution is -2.21. The SMILES string of the molecule is Cc1ccc(OCCCSc2nc3sc(C)c(C)c3c(=O)n2-c2ccccc2)cc1. The summed E-state index contributed by atoms with van der Waals surface area (Å²) < 4.78 is 7.57. The van der Waals surface area contributed by atoms with Gasteiger partial charge in [0.2, 0.25) is 0 Å². The van der Waals surface area contributed by atoms with E-state index in [4.69, 9.17) is 9.72 Å². The molecule has 0 bridgehead atoms. The summed E-state index contributed by atoms with van der Waals surface area (Å²) in [5, 5.41) is 1.46. The standard InChI is InChI=1S/C24H24N2O2S2/c1-16-10-12-20(13-11-16)28-14-7-15-29-24-25-22-21(17(2)18(3)30-22)23(27)26(24)19-8-5-4-6-9-19/h4-6,8-13H,7,14-15H2,1-3H3. The Hall–Kier alpha value is -2.57. The zero-order chi connectivity index (χ0) is 21.1.